The van der Waals surface area contributed by atoms with Gasteiger partial charge in [0.25, 0.3) is 0 Å². The first-order chi connectivity index (χ1) is 17.0. The first-order valence-electron chi connectivity index (χ1n) is 11.8. The SMILES string of the molecule is CCn1cc(/C=C2/Oc3c(ccc([O-])c3C[NH+](C)Cc3ccccc3)C2=O)c2cc(OC)ccc21. The molecule has 6 nitrogen and oxygen atoms in total. The largest absolute Gasteiger partial charge is 0.872 e. The van der Waals surface area contributed by atoms with E-state index < -0.39 is 0 Å². The normalized spacial score (nSPS) is 14.8. The Balaban J connectivity index is 1.48. The van der Waals surface area contributed by atoms with Gasteiger partial charge < -0.3 is 24.0 Å². The number of ketones is 1. The molecule has 0 saturated carbocycles. The summed E-state index contributed by atoms with van der Waals surface area (Å²) in [4.78, 5) is 14.4. The van der Waals surface area contributed by atoms with E-state index in [0.717, 1.165) is 40.2 Å². The van der Waals surface area contributed by atoms with Crippen molar-refractivity contribution in [3.05, 3.63) is 94.9 Å². The van der Waals surface area contributed by atoms with Crippen LogP contribution in [0.1, 0.15) is 34.0 Å². The standard InChI is InChI=1S/C29H28N2O4/c1-4-31-17-20(23-15-21(34-3)10-12-25(23)31)14-27-28(33)22-11-13-26(32)24(29(22)35-27)18-30(2)16-19-8-6-5-7-9-19/h5-15,17,32H,4,16,18H2,1-3H3/b27-14+. The van der Waals surface area contributed by atoms with Gasteiger partial charge in [0.05, 0.1) is 19.7 Å². The first kappa shape index (κ1) is 22.7. The number of allylic oxidation sites excluding steroid dienone is 1. The Kier molecular flexibility index (Phi) is 6.05. The number of benzene rings is 3. The third-order valence-corrected chi connectivity index (χ3v) is 6.47. The molecule has 1 unspecified atom stereocenters. The van der Waals surface area contributed by atoms with Crippen LogP contribution in [0.4, 0.5) is 0 Å². The summed E-state index contributed by atoms with van der Waals surface area (Å²) in [5.74, 6) is 1.04. The number of methoxy groups -OCH3 is 1. The summed E-state index contributed by atoms with van der Waals surface area (Å²) in [6.45, 7) is 4.09. The second kappa shape index (κ2) is 9.31. The maximum absolute atomic E-state index is 13.2. The number of hydrogen-bond acceptors (Lipinski definition) is 4. The van der Waals surface area contributed by atoms with Gasteiger partial charge in [0.15, 0.2) is 5.76 Å². The van der Waals surface area contributed by atoms with E-state index in [1.165, 1.54) is 11.6 Å². The molecule has 178 valence electrons. The van der Waals surface area contributed by atoms with Gasteiger partial charge >= 0.3 is 0 Å². The summed E-state index contributed by atoms with van der Waals surface area (Å²) < 4.78 is 13.6. The second-order valence-corrected chi connectivity index (χ2v) is 8.91. The molecule has 0 fully saturated rings. The van der Waals surface area contributed by atoms with Gasteiger partial charge in [-0.3, -0.25) is 4.79 Å². The molecule has 4 aromatic rings. The van der Waals surface area contributed by atoms with Crippen LogP contribution < -0.4 is 19.5 Å². The third-order valence-electron chi connectivity index (χ3n) is 6.47. The zero-order valence-corrected chi connectivity index (χ0v) is 20.1. The minimum Gasteiger partial charge on any atom is -0.872 e. The molecule has 35 heavy (non-hydrogen) atoms. The Morgan fingerprint density at radius 2 is 1.89 bits per heavy atom. The van der Waals surface area contributed by atoms with Crippen molar-refractivity contribution in [2.24, 2.45) is 0 Å². The maximum Gasteiger partial charge on any atom is 0.231 e. The van der Waals surface area contributed by atoms with Crippen molar-refractivity contribution in [3.8, 4) is 17.2 Å². The van der Waals surface area contributed by atoms with Crippen LogP contribution in [0.5, 0.6) is 17.2 Å². The van der Waals surface area contributed by atoms with E-state index in [4.69, 9.17) is 9.47 Å². The Labute approximate surface area is 204 Å². The van der Waals surface area contributed by atoms with Crippen LogP contribution >= 0.6 is 0 Å². The number of Topliss-reactive ketones (excluding diaryl/α,β-unsaturated/α-hetero) is 1. The topological polar surface area (TPSA) is 68.0 Å². The predicted molar refractivity (Wildman–Crippen MR) is 134 cm³/mol. The van der Waals surface area contributed by atoms with Crippen molar-refractivity contribution in [1.82, 2.24) is 4.57 Å². The van der Waals surface area contributed by atoms with Crippen LogP contribution in [0.2, 0.25) is 0 Å². The number of aryl methyl sites for hydroxylation is 1. The monoisotopic (exact) mass is 468 g/mol. The highest BCUT2D eigenvalue weighted by molar-refractivity contribution is 6.15. The lowest BCUT2D eigenvalue weighted by atomic mass is 10.0. The number of carbonyl (C=O) groups is 1. The van der Waals surface area contributed by atoms with E-state index in [2.05, 4.69) is 23.6 Å². The van der Waals surface area contributed by atoms with Gasteiger partial charge in [-0.15, -0.1) is 0 Å². The molecule has 1 atom stereocenters. The molecule has 1 aliphatic heterocycles. The molecule has 1 aliphatic rings. The number of quaternary nitrogens is 1. The molecular formula is C29H28N2O4. The fourth-order valence-electron chi connectivity index (χ4n) is 4.71. The van der Waals surface area contributed by atoms with E-state index in [9.17, 15) is 9.90 Å². The summed E-state index contributed by atoms with van der Waals surface area (Å²) >= 11 is 0. The van der Waals surface area contributed by atoms with Crippen molar-refractivity contribution in [1.29, 1.82) is 0 Å². The zero-order chi connectivity index (χ0) is 24.5. The van der Waals surface area contributed by atoms with E-state index >= 15 is 0 Å². The summed E-state index contributed by atoms with van der Waals surface area (Å²) in [6, 6.07) is 19.1. The molecule has 0 bridgehead atoms. The molecule has 5 rings (SSSR count). The number of nitrogens with one attached hydrogen (secondary N) is 1. The molecule has 0 radical (unpaired) electrons. The number of rotatable bonds is 7. The summed E-state index contributed by atoms with van der Waals surface area (Å²) in [5.41, 5.74) is 4.08. The average molecular weight is 469 g/mol. The molecule has 0 aliphatic carbocycles. The second-order valence-electron chi connectivity index (χ2n) is 8.91. The Morgan fingerprint density at radius 1 is 1.09 bits per heavy atom. The Bertz CT molecular complexity index is 1440. The van der Waals surface area contributed by atoms with Crippen molar-refractivity contribution >= 4 is 22.8 Å². The molecule has 1 aromatic heterocycles. The van der Waals surface area contributed by atoms with E-state index in [0.29, 0.717) is 23.4 Å². The average Bonchev–Trinajstić information content (AvgIpc) is 3.38. The fraction of sp³-hybridized carbons (Fsp3) is 0.207. The Hall–Kier alpha value is -4.03. The highest BCUT2D eigenvalue weighted by atomic mass is 16.5. The number of nitrogens with zero attached hydrogens (tertiary/aromatic N) is 1. The van der Waals surface area contributed by atoms with Crippen LogP contribution in [0.3, 0.4) is 0 Å². The van der Waals surface area contributed by atoms with Gasteiger partial charge in [0.2, 0.25) is 5.78 Å². The van der Waals surface area contributed by atoms with Gasteiger partial charge in [-0.05, 0) is 37.3 Å². The number of fused-ring (bicyclic) bond motifs is 2. The summed E-state index contributed by atoms with van der Waals surface area (Å²) in [6.07, 6.45) is 3.78. The van der Waals surface area contributed by atoms with Gasteiger partial charge in [0.1, 0.15) is 24.6 Å². The number of hydrogen-bond donors (Lipinski definition) is 1. The molecule has 1 N–H and O–H groups in total. The third kappa shape index (κ3) is 4.29. The molecule has 0 amide bonds. The number of aromatic nitrogens is 1. The first-order valence-corrected chi connectivity index (χ1v) is 11.8. The van der Waals surface area contributed by atoms with E-state index in [1.807, 2.05) is 49.6 Å². The van der Waals surface area contributed by atoms with Gasteiger partial charge in [-0.2, -0.15) is 0 Å². The summed E-state index contributed by atoms with van der Waals surface area (Å²) in [7, 11) is 3.67. The van der Waals surface area contributed by atoms with Gasteiger partial charge in [-0.25, -0.2) is 0 Å². The minimum absolute atomic E-state index is 0.113. The van der Waals surface area contributed by atoms with Crippen LogP contribution in [-0.2, 0) is 19.6 Å². The van der Waals surface area contributed by atoms with Crippen molar-refractivity contribution < 1.29 is 24.3 Å². The van der Waals surface area contributed by atoms with Gasteiger partial charge in [0, 0.05) is 40.3 Å². The van der Waals surface area contributed by atoms with Crippen molar-refractivity contribution in [2.45, 2.75) is 26.6 Å². The van der Waals surface area contributed by atoms with Crippen LogP contribution in [0, 0.1) is 0 Å². The smallest absolute Gasteiger partial charge is 0.231 e. The van der Waals surface area contributed by atoms with Crippen LogP contribution in [-0.4, -0.2) is 24.5 Å². The lowest BCUT2D eigenvalue weighted by Gasteiger charge is -2.20. The van der Waals surface area contributed by atoms with Crippen molar-refractivity contribution in [2.75, 3.05) is 14.2 Å². The lowest BCUT2D eigenvalue weighted by molar-refractivity contribution is -0.907. The molecule has 2 heterocycles. The van der Waals surface area contributed by atoms with Crippen LogP contribution in [0.15, 0.2) is 72.6 Å². The quantitative estimate of drug-likeness (QED) is 0.421. The highest BCUT2D eigenvalue weighted by Crippen LogP contribution is 2.39. The molecule has 0 saturated heterocycles. The number of ether oxygens (including phenoxy) is 2. The molecule has 0 spiro atoms. The van der Waals surface area contributed by atoms with Crippen molar-refractivity contribution in [3.63, 3.8) is 0 Å². The molecule has 6 heteroatoms. The van der Waals surface area contributed by atoms with E-state index in [1.54, 1.807) is 19.3 Å². The van der Waals surface area contributed by atoms with Crippen LogP contribution in [0.25, 0.3) is 17.0 Å². The fourth-order valence-corrected chi connectivity index (χ4v) is 4.71. The van der Waals surface area contributed by atoms with E-state index in [-0.39, 0.29) is 17.3 Å². The zero-order valence-electron chi connectivity index (χ0n) is 20.1. The Morgan fingerprint density at radius 3 is 2.63 bits per heavy atom. The predicted octanol–water partition coefficient (Wildman–Crippen LogP) is 3.57. The molecular weight excluding hydrogens is 440 g/mol. The highest BCUT2D eigenvalue weighted by Gasteiger charge is 2.31. The minimum atomic E-state index is -0.206. The number of carbonyl (C=O) groups excluding carboxylic acids is 1. The lowest BCUT2D eigenvalue weighted by Crippen LogP contribution is -3.06. The maximum atomic E-state index is 13.2. The summed E-state index contributed by atoms with van der Waals surface area (Å²) in [5, 5.41) is 13.8. The van der Waals surface area contributed by atoms with Gasteiger partial charge in [-0.1, -0.05) is 42.1 Å². The molecule has 3 aromatic carbocycles.